The molecule has 2 amide bonds. The summed E-state index contributed by atoms with van der Waals surface area (Å²) in [4.78, 5) is 18.0. The van der Waals surface area contributed by atoms with E-state index in [1.165, 1.54) is 24.8 Å². The summed E-state index contributed by atoms with van der Waals surface area (Å²) in [5.74, 6) is 0. The van der Waals surface area contributed by atoms with Crippen molar-refractivity contribution >= 4 is 22.6 Å². The second kappa shape index (κ2) is 6.37. The first-order valence-corrected chi connectivity index (χ1v) is 9.36. The van der Waals surface area contributed by atoms with E-state index < -0.39 is 0 Å². The molecule has 1 spiro atoms. The Balaban J connectivity index is 1.50. The van der Waals surface area contributed by atoms with Crippen LogP contribution in [0, 0.1) is 6.92 Å². The standard InChI is InChI=1S/C20H27N3O2/c1-14-11-21-18-7-6-16(10-17(14)18)22-19(24)23-12-15(2)25-20(13-23)8-4-3-5-9-20/h6-7,10-11,15,21H,3-5,8-9,12-13H2,1-2H3,(H,22,24). The molecular weight excluding hydrogens is 314 g/mol. The molecule has 1 atom stereocenters. The summed E-state index contributed by atoms with van der Waals surface area (Å²) in [7, 11) is 0. The van der Waals surface area contributed by atoms with E-state index in [-0.39, 0.29) is 17.7 Å². The highest BCUT2D eigenvalue weighted by atomic mass is 16.5. The fourth-order valence-electron chi connectivity index (χ4n) is 4.39. The Morgan fingerprint density at radius 2 is 2.12 bits per heavy atom. The molecule has 2 N–H and O–H groups in total. The molecule has 25 heavy (non-hydrogen) atoms. The maximum Gasteiger partial charge on any atom is 0.322 e. The Hall–Kier alpha value is -2.01. The molecule has 2 aliphatic rings. The van der Waals surface area contributed by atoms with Gasteiger partial charge in [-0.1, -0.05) is 19.3 Å². The molecule has 2 heterocycles. The van der Waals surface area contributed by atoms with E-state index in [0.717, 1.165) is 29.4 Å². The van der Waals surface area contributed by atoms with Crippen LogP contribution in [0.2, 0.25) is 0 Å². The summed E-state index contributed by atoms with van der Waals surface area (Å²) in [5.41, 5.74) is 3.00. The van der Waals surface area contributed by atoms with E-state index in [1.54, 1.807) is 0 Å². The number of carbonyl (C=O) groups is 1. The number of carbonyl (C=O) groups excluding carboxylic acids is 1. The molecule has 1 aliphatic heterocycles. The SMILES string of the molecule is Cc1c[nH]c2ccc(NC(=O)N3CC(C)OC4(CCCCC4)C3)cc12. The van der Waals surface area contributed by atoms with E-state index in [2.05, 4.69) is 24.1 Å². The van der Waals surface area contributed by atoms with Gasteiger partial charge in [-0.05, 0) is 50.5 Å². The highest BCUT2D eigenvalue weighted by molar-refractivity contribution is 5.93. The van der Waals surface area contributed by atoms with Gasteiger partial charge in [-0.3, -0.25) is 0 Å². The van der Waals surface area contributed by atoms with Crippen molar-refractivity contribution < 1.29 is 9.53 Å². The monoisotopic (exact) mass is 341 g/mol. The molecule has 134 valence electrons. The van der Waals surface area contributed by atoms with Crippen LogP contribution >= 0.6 is 0 Å². The van der Waals surface area contributed by atoms with E-state index in [4.69, 9.17) is 4.74 Å². The number of anilines is 1. The van der Waals surface area contributed by atoms with Gasteiger partial charge in [0.15, 0.2) is 0 Å². The third kappa shape index (κ3) is 3.25. The number of fused-ring (bicyclic) bond motifs is 1. The first kappa shape index (κ1) is 16.5. The van der Waals surface area contributed by atoms with Crippen LogP contribution in [0.5, 0.6) is 0 Å². The minimum atomic E-state index is -0.131. The molecule has 5 heteroatoms. The fraction of sp³-hybridized carbons (Fsp3) is 0.550. The van der Waals surface area contributed by atoms with E-state index in [9.17, 15) is 4.79 Å². The van der Waals surface area contributed by atoms with Gasteiger partial charge in [-0.25, -0.2) is 4.79 Å². The van der Waals surface area contributed by atoms with Crippen molar-refractivity contribution in [1.29, 1.82) is 0 Å². The van der Waals surface area contributed by atoms with Gasteiger partial charge in [0.25, 0.3) is 0 Å². The number of nitrogens with one attached hydrogen (secondary N) is 2. The number of aromatic amines is 1. The molecule has 5 nitrogen and oxygen atoms in total. The zero-order valence-corrected chi connectivity index (χ0v) is 15.1. The third-order valence-corrected chi connectivity index (χ3v) is 5.60. The van der Waals surface area contributed by atoms with Gasteiger partial charge >= 0.3 is 6.03 Å². The Labute approximate surface area is 148 Å². The van der Waals surface area contributed by atoms with Crippen molar-refractivity contribution in [3.05, 3.63) is 30.0 Å². The van der Waals surface area contributed by atoms with Crippen molar-refractivity contribution in [1.82, 2.24) is 9.88 Å². The van der Waals surface area contributed by atoms with Crippen molar-refractivity contribution in [2.45, 2.75) is 57.7 Å². The van der Waals surface area contributed by atoms with Crippen LogP contribution in [0.15, 0.2) is 24.4 Å². The Bertz CT molecular complexity index is 776. The lowest BCUT2D eigenvalue weighted by atomic mass is 9.83. The maximum absolute atomic E-state index is 12.8. The normalized spacial score (nSPS) is 23.1. The van der Waals surface area contributed by atoms with Gasteiger partial charge in [0.1, 0.15) is 0 Å². The number of amides is 2. The summed E-state index contributed by atoms with van der Waals surface area (Å²) in [6.45, 7) is 5.50. The smallest absolute Gasteiger partial charge is 0.322 e. The quantitative estimate of drug-likeness (QED) is 0.806. The lowest BCUT2D eigenvalue weighted by Crippen LogP contribution is -2.58. The molecule has 2 fully saturated rings. The number of hydrogen-bond acceptors (Lipinski definition) is 2. The molecule has 4 rings (SSSR count). The minimum absolute atomic E-state index is 0.0207. The highest BCUT2D eigenvalue weighted by Gasteiger charge is 2.41. The molecule has 0 radical (unpaired) electrons. The second-order valence-corrected chi connectivity index (χ2v) is 7.71. The van der Waals surface area contributed by atoms with E-state index in [0.29, 0.717) is 13.1 Å². The number of ether oxygens (including phenoxy) is 1. The maximum atomic E-state index is 12.8. The lowest BCUT2D eigenvalue weighted by Gasteiger charge is -2.47. The number of hydrogen-bond donors (Lipinski definition) is 2. The van der Waals surface area contributed by atoms with Gasteiger partial charge in [0.2, 0.25) is 0 Å². The Morgan fingerprint density at radius 3 is 2.92 bits per heavy atom. The van der Waals surface area contributed by atoms with E-state index >= 15 is 0 Å². The summed E-state index contributed by atoms with van der Waals surface area (Å²) >= 11 is 0. The zero-order chi connectivity index (χ0) is 17.4. The van der Waals surface area contributed by atoms with Crippen LogP contribution < -0.4 is 5.32 Å². The molecule has 1 aromatic carbocycles. The van der Waals surface area contributed by atoms with Gasteiger partial charge in [-0.15, -0.1) is 0 Å². The van der Waals surface area contributed by atoms with Crippen molar-refractivity contribution in [2.24, 2.45) is 0 Å². The molecule has 1 aliphatic carbocycles. The Kier molecular flexibility index (Phi) is 4.20. The predicted octanol–water partition coefficient (Wildman–Crippen LogP) is 4.43. The molecule has 2 aromatic rings. The summed E-state index contributed by atoms with van der Waals surface area (Å²) in [6.07, 6.45) is 7.89. The third-order valence-electron chi connectivity index (χ3n) is 5.60. The largest absolute Gasteiger partial charge is 0.368 e. The molecular formula is C20H27N3O2. The zero-order valence-electron chi connectivity index (χ0n) is 15.1. The second-order valence-electron chi connectivity index (χ2n) is 7.71. The minimum Gasteiger partial charge on any atom is -0.368 e. The molecule has 1 saturated carbocycles. The summed E-state index contributed by atoms with van der Waals surface area (Å²) in [5, 5.41) is 4.23. The topological polar surface area (TPSA) is 57.4 Å². The number of aryl methyl sites for hydroxylation is 1. The summed E-state index contributed by atoms with van der Waals surface area (Å²) in [6, 6.07) is 5.99. The summed E-state index contributed by atoms with van der Waals surface area (Å²) < 4.78 is 6.28. The van der Waals surface area contributed by atoms with Crippen LogP contribution in [0.3, 0.4) is 0 Å². The average Bonchev–Trinajstić information content (AvgIpc) is 2.95. The molecule has 1 saturated heterocycles. The van der Waals surface area contributed by atoms with Crippen molar-refractivity contribution in [3.8, 4) is 0 Å². The first-order valence-electron chi connectivity index (χ1n) is 9.36. The molecule has 1 aromatic heterocycles. The van der Waals surface area contributed by atoms with Crippen LogP contribution in [-0.4, -0.2) is 40.7 Å². The molecule has 0 bridgehead atoms. The number of urea groups is 1. The lowest BCUT2D eigenvalue weighted by molar-refractivity contribution is -0.152. The number of morpholine rings is 1. The highest BCUT2D eigenvalue weighted by Crippen LogP contribution is 2.36. The van der Waals surface area contributed by atoms with Gasteiger partial charge in [0, 0.05) is 29.3 Å². The van der Waals surface area contributed by atoms with Crippen molar-refractivity contribution in [3.63, 3.8) is 0 Å². The number of nitrogens with zero attached hydrogens (tertiary/aromatic N) is 1. The van der Waals surface area contributed by atoms with Gasteiger partial charge < -0.3 is 19.9 Å². The van der Waals surface area contributed by atoms with Crippen LogP contribution in [0.25, 0.3) is 10.9 Å². The fourth-order valence-corrected chi connectivity index (χ4v) is 4.39. The van der Waals surface area contributed by atoms with E-state index in [1.807, 2.05) is 29.3 Å². The molecule has 1 unspecified atom stereocenters. The van der Waals surface area contributed by atoms with Crippen molar-refractivity contribution in [2.75, 3.05) is 18.4 Å². The van der Waals surface area contributed by atoms with Crippen LogP contribution in [-0.2, 0) is 4.74 Å². The van der Waals surface area contributed by atoms with Crippen LogP contribution in [0.1, 0.15) is 44.6 Å². The number of rotatable bonds is 1. The number of aromatic nitrogens is 1. The number of H-pyrrole nitrogens is 1. The predicted molar refractivity (Wildman–Crippen MR) is 100.0 cm³/mol. The first-order chi connectivity index (χ1) is 12.0. The average molecular weight is 341 g/mol. The van der Waals surface area contributed by atoms with Gasteiger partial charge in [0.05, 0.1) is 18.2 Å². The number of benzene rings is 1. The van der Waals surface area contributed by atoms with Gasteiger partial charge in [-0.2, -0.15) is 0 Å². The van der Waals surface area contributed by atoms with Crippen LogP contribution in [0.4, 0.5) is 10.5 Å². The Morgan fingerprint density at radius 1 is 1.32 bits per heavy atom.